The number of hydrogen-bond donors (Lipinski definition) is 1. The average Bonchev–Trinajstić information content (AvgIpc) is 2.48. The second-order valence-corrected chi connectivity index (χ2v) is 7.49. The van der Waals surface area contributed by atoms with Crippen molar-refractivity contribution in [2.75, 3.05) is 25.5 Å². The Labute approximate surface area is 121 Å². The summed E-state index contributed by atoms with van der Waals surface area (Å²) in [4.78, 5) is 0. The molecule has 0 aromatic heterocycles. The second-order valence-electron chi connectivity index (χ2n) is 5.16. The molecule has 1 unspecified atom stereocenters. The molecular formula is C15H23NO3S. The first kappa shape index (κ1) is 15.5. The minimum absolute atomic E-state index is 0.131. The minimum atomic E-state index is -3.10. The molecule has 1 saturated heterocycles. The Morgan fingerprint density at radius 3 is 2.50 bits per heavy atom. The van der Waals surface area contributed by atoms with E-state index in [0.29, 0.717) is 26.1 Å². The molecule has 1 aliphatic rings. The molecule has 0 saturated carbocycles. The molecule has 1 N–H and O–H groups in total. The highest BCUT2D eigenvalue weighted by molar-refractivity contribution is 7.92. The van der Waals surface area contributed by atoms with Gasteiger partial charge < -0.3 is 10.1 Å². The Morgan fingerprint density at radius 2 is 1.90 bits per heavy atom. The van der Waals surface area contributed by atoms with E-state index in [2.05, 4.69) is 5.32 Å². The van der Waals surface area contributed by atoms with Crippen molar-refractivity contribution in [2.45, 2.75) is 31.1 Å². The lowest BCUT2D eigenvalue weighted by molar-refractivity contribution is 0.0983. The molecule has 1 aromatic carbocycles. The zero-order chi connectivity index (χ0) is 14.4. The Morgan fingerprint density at radius 1 is 1.25 bits per heavy atom. The highest BCUT2D eigenvalue weighted by Crippen LogP contribution is 2.22. The molecule has 112 valence electrons. The number of nitrogens with one attached hydrogen (secondary N) is 1. The smallest absolute Gasteiger partial charge is 0.155 e. The van der Waals surface area contributed by atoms with Crippen LogP contribution < -0.4 is 5.32 Å². The molecule has 2 rings (SSSR count). The Balaban J connectivity index is 2.11. The molecule has 20 heavy (non-hydrogen) atoms. The quantitative estimate of drug-likeness (QED) is 0.872. The van der Waals surface area contributed by atoms with Gasteiger partial charge in [-0.15, -0.1) is 0 Å². The van der Waals surface area contributed by atoms with Crippen molar-refractivity contribution in [3.05, 3.63) is 35.9 Å². The lowest BCUT2D eigenvalue weighted by atomic mass is 10.1. The molecule has 0 amide bonds. The Hall–Kier alpha value is -0.910. The van der Waals surface area contributed by atoms with E-state index >= 15 is 0 Å². The van der Waals surface area contributed by atoms with Crippen LogP contribution in [0.3, 0.4) is 0 Å². The van der Waals surface area contributed by atoms with Gasteiger partial charge in [0.05, 0.1) is 11.0 Å². The van der Waals surface area contributed by atoms with Crippen LogP contribution in [0.2, 0.25) is 0 Å². The number of rotatable bonds is 6. The van der Waals surface area contributed by atoms with Crippen LogP contribution in [0.1, 0.15) is 31.4 Å². The SMILES string of the molecule is CCNC(CS(=O)(=O)C1CCOCC1)c1ccccc1. The highest BCUT2D eigenvalue weighted by atomic mass is 32.2. The van der Waals surface area contributed by atoms with Crippen molar-refractivity contribution in [3.8, 4) is 0 Å². The van der Waals surface area contributed by atoms with Crippen molar-refractivity contribution in [3.63, 3.8) is 0 Å². The van der Waals surface area contributed by atoms with E-state index in [4.69, 9.17) is 4.74 Å². The number of benzene rings is 1. The molecule has 1 aromatic rings. The van der Waals surface area contributed by atoms with Crippen LogP contribution in [-0.2, 0) is 14.6 Å². The minimum Gasteiger partial charge on any atom is -0.381 e. The fourth-order valence-corrected chi connectivity index (χ4v) is 4.57. The van der Waals surface area contributed by atoms with E-state index in [1.807, 2.05) is 37.3 Å². The van der Waals surface area contributed by atoms with Gasteiger partial charge in [-0.3, -0.25) is 0 Å². The Bertz CT molecular complexity index is 495. The van der Waals surface area contributed by atoms with Gasteiger partial charge >= 0.3 is 0 Å². The van der Waals surface area contributed by atoms with E-state index < -0.39 is 9.84 Å². The predicted molar refractivity (Wildman–Crippen MR) is 80.5 cm³/mol. The molecule has 0 spiro atoms. The first-order valence-corrected chi connectivity index (χ1v) is 8.92. The van der Waals surface area contributed by atoms with Gasteiger partial charge in [0.1, 0.15) is 0 Å². The molecule has 5 heteroatoms. The van der Waals surface area contributed by atoms with Gasteiger partial charge in [0.25, 0.3) is 0 Å². The van der Waals surface area contributed by atoms with Gasteiger partial charge in [0, 0.05) is 19.3 Å². The summed E-state index contributed by atoms with van der Waals surface area (Å²) < 4.78 is 30.3. The lowest BCUT2D eigenvalue weighted by Gasteiger charge is -2.25. The van der Waals surface area contributed by atoms with Gasteiger partial charge in [0.15, 0.2) is 9.84 Å². The van der Waals surface area contributed by atoms with Crippen LogP contribution in [-0.4, -0.2) is 39.2 Å². The second kappa shape index (κ2) is 7.20. The standard InChI is InChI=1S/C15H23NO3S/c1-2-16-15(13-6-4-3-5-7-13)12-20(17,18)14-8-10-19-11-9-14/h3-7,14-16H,2,8-12H2,1H3. The summed E-state index contributed by atoms with van der Waals surface area (Å²) in [7, 11) is -3.10. The molecule has 0 radical (unpaired) electrons. The summed E-state index contributed by atoms with van der Waals surface area (Å²) in [5, 5.41) is 3.03. The Kier molecular flexibility index (Phi) is 5.57. The number of sulfone groups is 1. The van der Waals surface area contributed by atoms with Crippen molar-refractivity contribution >= 4 is 9.84 Å². The van der Waals surface area contributed by atoms with Gasteiger partial charge in [-0.1, -0.05) is 37.3 Å². The zero-order valence-corrected chi connectivity index (χ0v) is 12.7. The monoisotopic (exact) mass is 297 g/mol. The van der Waals surface area contributed by atoms with Crippen molar-refractivity contribution in [1.82, 2.24) is 5.32 Å². The van der Waals surface area contributed by atoms with Crippen LogP contribution in [0.15, 0.2) is 30.3 Å². The summed E-state index contributed by atoms with van der Waals surface area (Å²) in [6.07, 6.45) is 1.24. The third-order valence-corrected chi connectivity index (χ3v) is 6.01. The van der Waals surface area contributed by atoms with Gasteiger partial charge in [0.2, 0.25) is 0 Å². The zero-order valence-electron chi connectivity index (χ0n) is 11.9. The molecule has 1 fully saturated rings. The fraction of sp³-hybridized carbons (Fsp3) is 0.600. The number of ether oxygens (including phenoxy) is 1. The summed E-state index contributed by atoms with van der Waals surface area (Å²) in [5.41, 5.74) is 1.03. The van der Waals surface area contributed by atoms with Gasteiger partial charge in [-0.2, -0.15) is 0 Å². The predicted octanol–water partition coefficient (Wildman–Crippen LogP) is 1.93. The third-order valence-electron chi connectivity index (χ3n) is 3.73. The van der Waals surface area contributed by atoms with Crippen molar-refractivity contribution in [1.29, 1.82) is 0 Å². The van der Waals surface area contributed by atoms with E-state index in [1.165, 1.54) is 0 Å². The average molecular weight is 297 g/mol. The summed E-state index contributed by atoms with van der Waals surface area (Å²) in [6, 6.07) is 9.66. The molecular weight excluding hydrogens is 274 g/mol. The van der Waals surface area contributed by atoms with Crippen molar-refractivity contribution in [2.24, 2.45) is 0 Å². The van der Waals surface area contributed by atoms with Crippen LogP contribution in [0.5, 0.6) is 0 Å². The van der Waals surface area contributed by atoms with E-state index in [1.54, 1.807) is 0 Å². The largest absolute Gasteiger partial charge is 0.381 e. The van der Waals surface area contributed by atoms with Crippen LogP contribution >= 0.6 is 0 Å². The van der Waals surface area contributed by atoms with E-state index in [9.17, 15) is 8.42 Å². The molecule has 1 aliphatic heterocycles. The molecule has 4 nitrogen and oxygen atoms in total. The van der Waals surface area contributed by atoms with Crippen LogP contribution in [0.25, 0.3) is 0 Å². The normalized spacial score (nSPS) is 18.9. The van der Waals surface area contributed by atoms with E-state index in [-0.39, 0.29) is 17.0 Å². The summed E-state index contributed by atoms with van der Waals surface area (Å²) >= 11 is 0. The lowest BCUT2D eigenvalue weighted by Crippen LogP contribution is -2.36. The maximum absolute atomic E-state index is 12.5. The summed E-state index contributed by atoms with van der Waals surface area (Å²) in [5.74, 6) is 0.162. The molecule has 0 aliphatic carbocycles. The number of hydrogen-bond acceptors (Lipinski definition) is 4. The first-order valence-electron chi connectivity index (χ1n) is 7.21. The molecule has 0 bridgehead atoms. The molecule has 1 heterocycles. The van der Waals surface area contributed by atoms with Crippen molar-refractivity contribution < 1.29 is 13.2 Å². The third kappa shape index (κ3) is 4.04. The van der Waals surface area contributed by atoms with Gasteiger partial charge in [-0.05, 0) is 24.9 Å². The van der Waals surface area contributed by atoms with E-state index in [0.717, 1.165) is 12.1 Å². The highest BCUT2D eigenvalue weighted by Gasteiger charge is 2.30. The first-order chi connectivity index (χ1) is 9.63. The maximum Gasteiger partial charge on any atom is 0.155 e. The maximum atomic E-state index is 12.5. The van der Waals surface area contributed by atoms with Crippen LogP contribution in [0.4, 0.5) is 0 Å². The molecule has 1 atom stereocenters. The van der Waals surface area contributed by atoms with Crippen LogP contribution in [0, 0.1) is 0 Å². The summed E-state index contributed by atoms with van der Waals surface area (Å²) in [6.45, 7) is 3.86. The fourth-order valence-electron chi connectivity index (χ4n) is 2.61. The van der Waals surface area contributed by atoms with Gasteiger partial charge in [-0.25, -0.2) is 8.42 Å². The topological polar surface area (TPSA) is 55.4 Å².